The molecule has 7 heteroatoms. The maximum atomic E-state index is 12.1. The normalized spacial score (nSPS) is 12.2. The average Bonchev–Trinajstić information content (AvgIpc) is 2.33. The molecule has 0 saturated heterocycles. The summed E-state index contributed by atoms with van der Waals surface area (Å²) in [4.78, 5) is 14.1. The SMILES string of the molecule is COc1ccc(C(=NCC(F)(F)F)OC(C)=O)cc1. The van der Waals surface area contributed by atoms with E-state index in [-0.39, 0.29) is 11.5 Å². The highest BCUT2D eigenvalue weighted by atomic mass is 19.4. The minimum atomic E-state index is -4.46. The number of benzene rings is 1. The van der Waals surface area contributed by atoms with E-state index in [1.165, 1.54) is 31.4 Å². The first-order chi connectivity index (χ1) is 8.81. The van der Waals surface area contributed by atoms with Crippen LogP contribution in [0.25, 0.3) is 0 Å². The van der Waals surface area contributed by atoms with Gasteiger partial charge >= 0.3 is 12.1 Å². The van der Waals surface area contributed by atoms with Gasteiger partial charge in [-0.3, -0.25) is 4.79 Å². The molecule has 0 aliphatic heterocycles. The Morgan fingerprint density at radius 1 is 1.26 bits per heavy atom. The predicted molar refractivity (Wildman–Crippen MR) is 62.2 cm³/mol. The van der Waals surface area contributed by atoms with Crippen molar-refractivity contribution < 1.29 is 27.4 Å². The third-order valence-corrected chi connectivity index (χ3v) is 1.98. The van der Waals surface area contributed by atoms with Crippen molar-refractivity contribution in [3.8, 4) is 5.75 Å². The average molecular weight is 275 g/mol. The minimum absolute atomic E-state index is 0.264. The summed E-state index contributed by atoms with van der Waals surface area (Å²) in [5.74, 6) is -0.578. The van der Waals surface area contributed by atoms with Gasteiger partial charge in [-0.25, -0.2) is 4.99 Å². The number of alkyl halides is 3. The summed E-state index contributed by atoms with van der Waals surface area (Å²) in [6.07, 6.45) is -4.46. The summed E-state index contributed by atoms with van der Waals surface area (Å²) in [5.41, 5.74) is 0.264. The van der Waals surface area contributed by atoms with Crippen LogP contribution in [0, 0.1) is 0 Å². The van der Waals surface area contributed by atoms with E-state index in [0.29, 0.717) is 5.75 Å². The van der Waals surface area contributed by atoms with Gasteiger partial charge in [-0.15, -0.1) is 0 Å². The minimum Gasteiger partial charge on any atom is -0.497 e. The molecule has 0 amide bonds. The fourth-order valence-electron chi connectivity index (χ4n) is 1.21. The van der Waals surface area contributed by atoms with Crippen molar-refractivity contribution in [2.45, 2.75) is 13.1 Å². The summed E-state index contributed by atoms with van der Waals surface area (Å²) < 4.78 is 46.0. The third kappa shape index (κ3) is 5.41. The summed E-state index contributed by atoms with van der Waals surface area (Å²) in [7, 11) is 1.46. The number of esters is 1. The maximum absolute atomic E-state index is 12.1. The molecule has 0 N–H and O–H groups in total. The van der Waals surface area contributed by atoms with Crippen molar-refractivity contribution in [2.75, 3.05) is 13.7 Å². The van der Waals surface area contributed by atoms with Gasteiger partial charge in [0.15, 0.2) is 0 Å². The van der Waals surface area contributed by atoms with Crippen molar-refractivity contribution in [1.29, 1.82) is 0 Å². The number of ether oxygens (including phenoxy) is 2. The van der Waals surface area contributed by atoms with E-state index in [0.717, 1.165) is 6.92 Å². The molecule has 19 heavy (non-hydrogen) atoms. The number of hydrogen-bond donors (Lipinski definition) is 0. The van der Waals surface area contributed by atoms with Gasteiger partial charge in [0.1, 0.15) is 12.3 Å². The first kappa shape index (κ1) is 15.0. The number of carbonyl (C=O) groups excluding carboxylic acids is 1. The number of nitrogens with zero attached hydrogens (tertiary/aromatic N) is 1. The lowest BCUT2D eigenvalue weighted by atomic mass is 10.2. The monoisotopic (exact) mass is 275 g/mol. The Balaban J connectivity index is 2.98. The van der Waals surface area contributed by atoms with Crippen molar-refractivity contribution in [3.05, 3.63) is 29.8 Å². The molecule has 0 aliphatic rings. The van der Waals surface area contributed by atoms with Gasteiger partial charge in [-0.05, 0) is 24.3 Å². The highest BCUT2D eigenvalue weighted by molar-refractivity contribution is 6.00. The number of rotatable bonds is 3. The summed E-state index contributed by atoms with van der Waals surface area (Å²) >= 11 is 0. The summed E-state index contributed by atoms with van der Waals surface area (Å²) in [6.45, 7) is -0.325. The molecular formula is C12H12F3NO3. The quantitative estimate of drug-likeness (QED) is 0.484. The lowest BCUT2D eigenvalue weighted by molar-refractivity contribution is -0.133. The zero-order valence-corrected chi connectivity index (χ0v) is 10.3. The Hall–Kier alpha value is -2.05. The summed E-state index contributed by atoms with van der Waals surface area (Å²) in [6, 6.07) is 5.97. The maximum Gasteiger partial charge on any atom is 0.408 e. The molecule has 1 rings (SSSR count). The van der Waals surface area contributed by atoms with Gasteiger partial charge in [0.2, 0.25) is 5.90 Å². The first-order valence-corrected chi connectivity index (χ1v) is 5.26. The highest BCUT2D eigenvalue weighted by Crippen LogP contribution is 2.17. The number of carbonyl (C=O) groups is 1. The van der Waals surface area contributed by atoms with Crippen LogP contribution in [0.1, 0.15) is 12.5 Å². The number of aliphatic imine (C=N–C) groups is 1. The van der Waals surface area contributed by atoms with E-state index in [4.69, 9.17) is 4.74 Å². The molecule has 0 bridgehead atoms. The van der Waals surface area contributed by atoms with Crippen LogP contribution in [0.3, 0.4) is 0 Å². The molecule has 1 aromatic rings. The lowest BCUT2D eigenvalue weighted by Gasteiger charge is -2.08. The van der Waals surface area contributed by atoms with Crippen LogP contribution >= 0.6 is 0 Å². The zero-order chi connectivity index (χ0) is 14.5. The second kappa shape index (κ2) is 6.21. The molecule has 0 heterocycles. The van der Waals surface area contributed by atoms with Crippen LogP contribution < -0.4 is 4.74 Å². The van der Waals surface area contributed by atoms with E-state index in [1.54, 1.807) is 0 Å². The molecule has 0 unspecified atom stereocenters. The van der Waals surface area contributed by atoms with Crippen molar-refractivity contribution in [2.24, 2.45) is 4.99 Å². The van der Waals surface area contributed by atoms with E-state index in [9.17, 15) is 18.0 Å². The Labute approximate surface area is 107 Å². The Kier molecular flexibility index (Phi) is 4.91. The molecule has 0 atom stereocenters. The van der Waals surface area contributed by atoms with Crippen molar-refractivity contribution in [3.63, 3.8) is 0 Å². The van der Waals surface area contributed by atoms with Crippen LogP contribution in [0.2, 0.25) is 0 Å². The fraction of sp³-hybridized carbons (Fsp3) is 0.333. The van der Waals surface area contributed by atoms with Gasteiger partial charge < -0.3 is 9.47 Å². The number of halogens is 3. The van der Waals surface area contributed by atoms with Crippen molar-refractivity contribution in [1.82, 2.24) is 0 Å². The number of methoxy groups -OCH3 is 1. The van der Waals surface area contributed by atoms with Crippen LogP contribution in [0.15, 0.2) is 29.3 Å². The largest absolute Gasteiger partial charge is 0.497 e. The van der Waals surface area contributed by atoms with Gasteiger partial charge in [0, 0.05) is 12.5 Å². The van der Waals surface area contributed by atoms with Crippen LogP contribution in [0.4, 0.5) is 13.2 Å². The second-order valence-electron chi connectivity index (χ2n) is 3.56. The molecule has 1 aromatic carbocycles. The predicted octanol–water partition coefficient (Wildman–Crippen LogP) is 2.57. The smallest absolute Gasteiger partial charge is 0.408 e. The molecular weight excluding hydrogens is 263 g/mol. The zero-order valence-electron chi connectivity index (χ0n) is 10.3. The van der Waals surface area contributed by atoms with Gasteiger partial charge in [0.25, 0.3) is 0 Å². The Morgan fingerprint density at radius 2 is 1.84 bits per heavy atom. The van der Waals surface area contributed by atoms with E-state index in [2.05, 4.69) is 9.73 Å². The highest BCUT2D eigenvalue weighted by Gasteiger charge is 2.27. The van der Waals surface area contributed by atoms with Gasteiger partial charge in [0.05, 0.1) is 7.11 Å². The molecule has 0 fully saturated rings. The first-order valence-electron chi connectivity index (χ1n) is 5.26. The van der Waals surface area contributed by atoms with Crippen LogP contribution in [0.5, 0.6) is 5.75 Å². The lowest BCUT2D eigenvalue weighted by Crippen LogP contribution is -2.17. The van der Waals surface area contributed by atoms with Crippen molar-refractivity contribution >= 4 is 11.9 Å². The number of hydrogen-bond acceptors (Lipinski definition) is 4. The molecule has 0 radical (unpaired) electrons. The summed E-state index contributed by atoms with van der Waals surface area (Å²) in [5, 5.41) is 0. The van der Waals surface area contributed by atoms with Crippen LogP contribution in [-0.2, 0) is 9.53 Å². The molecule has 0 aliphatic carbocycles. The Bertz CT molecular complexity index is 466. The van der Waals surface area contributed by atoms with E-state index >= 15 is 0 Å². The second-order valence-corrected chi connectivity index (χ2v) is 3.56. The van der Waals surface area contributed by atoms with Crippen LogP contribution in [-0.4, -0.2) is 31.7 Å². The molecule has 0 spiro atoms. The topological polar surface area (TPSA) is 47.9 Å². The molecule has 4 nitrogen and oxygen atoms in total. The standard InChI is InChI=1S/C12H12F3NO3/c1-8(17)19-11(16-7-12(13,14)15)9-3-5-10(18-2)6-4-9/h3-6H,7H2,1-2H3. The molecule has 104 valence electrons. The fourth-order valence-corrected chi connectivity index (χ4v) is 1.21. The Morgan fingerprint density at radius 3 is 2.26 bits per heavy atom. The third-order valence-electron chi connectivity index (χ3n) is 1.98. The van der Waals surface area contributed by atoms with E-state index < -0.39 is 18.7 Å². The van der Waals surface area contributed by atoms with Gasteiger partial charge in [-0.2, -0.15) is 13.2 Å². The van der Waals surface area contributed by atoms with E-state index in [1.807, 2.05) is 0 Å². The molecule has 0 saturated carbocycles. The van der Waals surface area contributed by atoms with Gasteiger partial charge in [-0.1, -0.05) is 0 Å². The molecule has 0 aromatic heterocycles.